The molecule has 1 fully saturated rings. The van der Waals surface area contributed by atoms with Crippen LogP contribution < -0.4 is 5.32 Å². The van der Waals surface area contributed by atoms with Gasteiger partial charge in [0.15, 0.2) is 0 Å². The fraction of sp³-hybridized carbons (Fsp3) is 0.688. The van der Waals surface area contributed by atoms with E-state index in [2.05, 4.69) is 35.2 Å². The number of hydrogen-bond acceptors (Lipinski definition) is 5. The number of carbonyl (C=O) groups is 1. The van der Waals surface area contributed by atoms with Gasteiger partial charge in [-0.15, -0.1) is 11.3 Å². The predicted octanol–water partition coefficient (Wildman–Crippen LogP) is 0.806. The summed E-state index contributed by atoms with van der Waals surface area (Å²) in [6.07, 6.45) is -0.516. The molecule has 1 saturated heterocycles. The molecule has 1 aromatic rings. The predicted molar refractivity (Wildman–Crippen MR) is 93.9 cm³/mol. The van der Waals surface area contributed by atoms with Crippen LogP contribution >= 0.6 is 11.3 Å². The van der Waals surface area contributed by atoms with Gasteiger partial charge in [-0.25, -0.2) is 4.79 Å². The number of nitrogens with zero attached hydrogens (tertiary/aromatic N) is 3. The van der Waals surface area contributed by atoms with Crippen molar-refractivity contribution in [3.05, 3.63) is 21.9 Å². The van der Waals surface area contributed by atoms with Gasteiger partial charge in [0, 0.05) is 56.1 Å². The fourth-order valence-corrected chi connectivity index (χ4v) is 3.49. The quantitative estimate of drug-likeness (QED) is 0.804. The molecule has 0 bridgehead atoms. The Morgan fingerprint density at radius 3 is 2.70 bits per heavy atom. The minimum absolute atomic E-state index is 0.145. The van der Waals surface area contributed by atoms with Gasteiger partial charge in [0.2, 0.25) is 0 Å². The third kappa shape index (κ3) is 6.10. The Morgan fingerprint density at radius 1 is 1.39 bits per heavy atom. The summed E-state index contributed by atoms with van der Waals surface area (Å²) >= 11 is 1.69. The average molecular weight is 340 g/mol. The van der Waals surface area contributed by atoms with E-state index in [1.54, 1.807) is 23.3 Å². The average Bonchev–Trinajstić information content (AvgIpc) is 2.92. The van der Waals surface area contributed by atoms with Gasteiger partial charge in [-0.3, -0.25) is 4.90 Å². The monoisotopic (exact) mass is 340 g/mol. The molecule has 1 aromatic heterocycles. The Labute approximate surface area is 142 Å². The first kappa shape index (κ1) is 18.2. The van der Waals surface area contributed by atoms with Crippen molar-refractivity contribution in [1.82, 2.24) is 20.0 Å². The summed E-state index contributed by atoms with van der Waals surface area (Å²) in [5.41, 5.74) is 0. The third-order valence-corrected chi connectivity index (χ3v) is 5.11. The summed E-state index contributed by atoms with van der Waals surface area (Å²) in [7, 11) is 3.84. The molecule has 1 aliphatic rings. The number of nitrogens with one attached hydrogen (secondary N) is 1. The highest BCUT2D eigenvalue weighted by atomic mass is 32.1. The maximum absolute atomic E-state index is 12.1. The number of aryl methyl sites for hydroxylation is 1. The molecule has 2 amide bonds. The second-order valence-corrected chi connectivity index (χ2v) is 7.68. The lowest BCUT2D eigenvalue weighted by atomic mass is 10.2. The summed E-state index contributed by atoms with van der Waals surface area (Å²) in [6.45, 7) is 7.57. The van der Waals surface area contributed by atoms with Crippen molar-refractivity contribution in [2.45, 2.75) is 19.6 Å². The first-order chi connectivity index (χ1) is 10.9. The van der Waals surface area contributed by atoms with Crippen molar-refractivity contribution in [1.29, 1.82) is 0 Å². The molecule has 1 unspecified atom stereocenters. The van der Waals surface area contributed by atoms with Crippen LogP contribution in [0, 0.1) is 6.92 Å². The number of rotatable bonds is 6. The van der Waals surface area contributed by atoms with Crippen molar-refractivity contribution < 1.29 is 9.90 Å². The van der Waals surface area contributed by atoms with Gasteiger partial charge >= 0.3 is 6.03 Å². The fourth-order valence-electron chi connectivity index (χ4n) is 2.66. The lowest BCUT2D eigenvalue weighted by Gasteiger charge is -2.34. The molecule has 130 valence electrons. The van der Waals surface area contributed by atoms with E-state index in [9.17, 15) is 9.90 Å². The summed E-state index contributed by atoms with van der Waals surface area (Å²) in [4.78, 5) is 20.6. The topological polar surface area (TPSA) is 59.1 Å². The molecule has 7 heteroatoms. The number of hydrogen-bond donors (Lipinski definition) is 2. The van der Waals surface area contributed by atoms with E-state index in [1.165, 1.54) is 4.88 Å². The van der Waals surface area contributed by atoms with Crippen molar-refractivity contribution in [3.63, 3.8) is 0 Å². The zero-order chi connectivity index (χ0) is 16.8. The Kier molecular flexibility index (Phi) is 6.83. The van der Waals surface area contributed by atoms with Crippen LogP contribution in [0.25, 0.3) is 0 Å². The molecule has 23 heavy (non-hydrogen) atoms. The number of β-amino-alcohol motifs (C(OH)–C–C–N with tert-alkyl or cyclic N) is 1. The maximum atomic E-state index is 12.1. The highest BCUT2D eigenvalue weighted by Gasteiger charge is 2.19. The summed E-state index contributed by atoms with van der Waals surface area (Å²) in [5, 5.41) is 13.1. The molecule has 1 atom stereocenters. The van der Waals surface area contributed by atoms with Gasteiger partial charge in [-0.05, 0) is 26.1 Å². The van der Waals surface area contributed by atoms with Gasteiger partial charge in [-0.1, -0.05) is 0 Å². The molecule has 1 aliphatic heterocycles. The zero-order valence-electron chi connectivity index (χ0n) is 14.3. The molecular weight excluding hydrogens is 312 g/mol. The molecule has 0 aliphatic carbocycles. The first-order valence-corrected chi connectivity index (χ1v) is 8.89. The second-order valence-electron chi connectivity index (χ2n) is 6.31. The molecule has 0 spiro atoms. The lowest BCUT2D eigenvalue weighted by Crippen LogP contribution is -2.49. The lowest BCUT2D eigenvalue weighted by molar-refractivity contribution is 0.0658. The van der Waals surface area contributed by atoms with E-state index in [-0.39, 0.29) is 6.03 Å². The minimum atomic E-state index is -0.516. The first-order valence-electron chi connectivity index (χ1n) is 8.07. The molecule has 0 saturated carbocycles. The van der Waals surface area contributed by atoms with Crippen molar-refractivity contribution in [3.8, 4) is 0 Å². The minimum Gasteiger partial charge on any atom is -0.390 e. The number of piperazine rings is 1. The van der Waals surface area contributed by atoms with Gasteiger partial charge in [-0.2, -0.15) is 0 Å². The Hall–Kier alpha value is -1.15. The van der Waals surface area contributed by atoms with Gasteiger partial charge in [0.05, 0.1) is 12.6 Å². The molecule has 0 aromatic carbocycles. The molecule has 6 nitrogen and oxygen atoms in total. The van der Waals surface area contributed by atoms with Crippen LogP contribution in [0.5, 0.6) is 0 Å². The Bertz CT molecular complexity index is 500. The molecule has 2 heterocycles. The smallest absolute Gasteiger partial charge is 0.317 e. The Morgan fingerprint density at radius 2 is 2.09 bits per heavy atom. The number of aliphatic hydroxyl groups is 1. The van der Waals surface area contributed by atoms with Crippen LogP contribution in [0.1, 0.15) is 9.75 Å². The molecule has 2 N–H and O–H groups in total. The van der Waals surface area contributed by atoms with Crippen LogP contribution in [0.2, 0.25) is 0 Å². The van der Waals surface area contributed by atoms with Crippen LogP contribution in [0.3, 0.4) is 0 Å². The number of urea groups is 1. The van der Waals surface area contributed by atoms with Crippen LogP contribution in [0.15, 0.2) is 12.1 Å². The van der Waals surface area contributed by atoms with Gasteiger partial charge < -0.3 is 20.2 Å². The molecule has 0 radical (unpaired) electrons. The van der Waals surface area contributed by atoms with E-state index in [1.807, 2.05) is 6.07 Å². The van der Waals surface area contributed by atoms with Gasteiger partial charge in [0.1, 0.15) is 0 Å². The van der Waals surface area contributed by atoms with Crippen molar-refractivity contribution in [2.75, 3.05) is 53.4 Å². The third-order valence-electron chi connectivity index (χ3n) is 4.11. The van der Waals surface area contributed by atoms with Crippen LogP contribution in [-0.4, -0.2) is 85.3 Å². The number of aliphatic hydroxyl groups excluding tert-OH is 1. The van der Waals surface area contributed by atoms with E-state index < -0.39 is 6.10 Å². The van der Waals surface area contributed by atoms with E-state index in [0.29, 0.717) is 19.6 Å². The highest BCUT2D eigenvalue weighted by Crippen LogP contribution is 2.14. The number of thiophene rings is 1. The summed E-state index contributed by atoms with van der Waals surface area (Å²) < 4.78 is 0. The standard InChI is InChI=1S/C16H28N4O2S/c1-13-4-5-15(23-13)10-17-16(22)19(3)11-14(21)12-20-8-6-18(2)7-9-20/h4-5,14,21H,6-12H2,1-3H3,(H,17,22). The maximum Gasteiger partial charge on any atom is 0.317 e. The highest BCUT2D eigenvalue weighted by molar-refractivity contribution is 7.11. The molecule has 2 rings (SSSR count). The van der Waals surface area contributed by atoms with Crippen LogP contribution in [0.4, 0.5) is 4.79 Å². The van der Waals surface area contributed by atoms with Crippen molar-refractivity contribution >= 4 is 17.4 Å². The van der Waals surface area contributed by atoms with E-state index in [0.717, 1.165) is 31.1 Å². The summed E-state index contributed by atoms with van der Waals surface area (Å²) in [5.74, 6) is 0. The number of amides is 2. The Balaban J connectivity index is 1.67. The van der Waals surface area contributed by atoms with E-state index >= 15 is 0 Å². The second kappa shape index (κ2) is 8.63. The van der Waals surface area contributed by atoms with Crippen molar-refractivity contribution in [2.24, 2.45) is 0 Å². The largest absolute Gasteiger partial charge is 0.390 e. The number of carbonyl (C=O) groups excluding carboxylic acids is 1. The SMILES string of the molecule is Cc1ccc(CNC(=O)N(C)CC(O)CN2CCN(C)CC2)s1. The normalized spacial score (nSPS) is 17.9. The van der Waals surface area contributed by atoms with Gasteiger partial charge in [0.25, 0.3) is 0 Å². The summed E-state index contributed by atoms with van der Waals surface area (Å²) in [6, 6.07) is 3.94. The zero-order valence-corrected chi connectivity index (χ0v) is 15.1. The number of likely N-dealkylation sites (N-methyl/N-ethyl adjacent to an activating group) is 2. The van der Waals surface area contributed by atoms with Crippen LogP contribution in [-0.2, 0) is 6.54 Å². The molecular formula is C16H28N4O2S. The van der Waals surface area contributed by atoms with E-state index in [4.69, 9.17) is 0 Å².